The number of amides is 1. The van der Waals surface area contributed by atoms with E-state index in [0.717, 1.165) is 10.6 Å². The summed E-state index contributed by atoms with van der Waals surface area (Å²) in [5.74, 6) is 1.26. The Balaban J connectivity index is 1.81. The zero-order chi connectivity index (χ0) is 26.4. The Morgan fingerprint density at radius 2 is 1.73 bits per heavy atom. The lowest BCUT2D eigenvalue weighted by Crippen LogP contribution is -2.29. The van der Waals surface area contributed by atoms with Crippen LogP contribution in [0.4, 0.5) is 5.13 Å². The highest BCUT2D eigenvalue weighted by Gasteiger charge is 2.45. The Morgan fingerprint density at radius 3 is 2.30 bits per heavy atom. The van der Waals surface area contributed by atoms with E-state index in [2.05, 4.69) is 4.98 Å². The van der Waals surface area contributed by atoms with Gasteiger partial charge in [0.25, 0.3) is 5.91 Å². The molecule has 0 aliphatic carbocycles. The van der Waals surface area contributed by atoms with Gasteiger partial charge in [0.1, 0.15) is 11.3 Å². The number of carbonyl (C=O) groups is 1. The van der Waals surface area contributed by atoms with Gasteiger partial charge in [0.15, 0.2) is 22.1 Å². The minimum atomic E-state index is -0.826. The van der Waals surface area contributed by atoms with E-state index in [-0.39, 0.29) is 22.3 Å². The van der Waals surface area contributed by atoms with E-state index in [4.69, 9.17) is 23.4 Å². The molecule has 1 aliphatic heterocycles. The standard InChI is InChI=1S/C27H26N2O7S/c1-7-35-16-8-9-17-18(12-16)36-25-21(23(17)30)22(29(26(25)31)27-28-13(2)14(3)37-27)15-10-19(32-4)24(34-6)20(11-15)33-5/h8-12,22H,7H2,1-6H3. The number of aryl methyl sites for hydroxylation is 2. The van der Waals surface area contributed by atoms with Gasteiger partial charge in [-0.15, -0.1) is 11.3 Å². The highest BCUT2D eigenvalue weighted by Crippen LogP contribution is 2.47. The SMILES string of the molecule is CCOc1ccc2c(=O)c3c(oc2c1)C(=O)N(c1nc(C)c(C)s1)C3c1cc(OC)c(OC)c(OC)c1. The number of nitrogens with zero attached hydrogens (tertiary/aromatic N) is 2. The number of hydrogen-bond acceptors (Lipinski definition) is 9. The smallest absolute Gasteiger partial charge is 0.297 e. The molecule has 0 N–H and O–H groups in total. The fourth-order valence-corrected chi connectivity index (χ4v) is 5.47. The third-order valence-electron chi connectivity index (χ3n) is 6.38. The highest BCUT2D eigenvalue weighted by atomic mass is 32.1. The maximum Gasteiger partial charge on any atom is 0.297 e. The lowest BCUT2D eigenvalue weighted by atomic mass is 9.97. The summed E-state index contributed by atoms with van der Waals surface area (Å²) in [5, 5.41) is 0.810. The van der Waals surface area contributed by atoms with Crippen molar-refractivity contribution in [3.63, 3.8) is 0 Å². The van der Waals surface area contributed by atoms with E-state index in [0.29, 0.717) is 45.7 Å². The van der Waals surface area contributed by atoms with Crippen molar-refractivity contribution in [2.45, 2.75) is 26.8 Å². The summed E-state index contributed by atoms with van der Waals surface area (Å²) in [4.78, 5) is 34.9. The summed E-state index contributed by atoms with van der Waals surface area (Å²) in [6.07, 6.45) is 0. The normalized spacial score (nSPS) is 14.7. The number of rotatable bonds is 7. The molecule has 0 radical (unpaired) electrons. The van der Waals surface area contributed by atoms with Crippen LogP contribution in [0.2, 0.25) is 0 Å². The maximum atomic E-state index is 13.9. The van der Waals surface area contributed by atoms with Crippen molar-refractivity contribution in [2.24, 2.45) is 0 Å². The number of hydrogen-bond donors (Lipinski definition) is 0. The first kappa shape index (κ1) is 24.6. The van der Waals surface area contributed by atoms with Crippen LogP contribution < -0.4 is 29.3 Å². The van der Waals surface area contributed by atoms with Gasteiger partial charge in [0.05, 0.1) is 50.6 Å². The fourth-order valence-electron chi connectivity index (χ4n) is 4.54. The molecule has 0 spiro atoms. The number of fused-ring (bicyclic) bond motifs is 2. The van der Waals surface area contributed by atoms with Crippen LogP contribution in [0.5, 0.6) is 23.0 Å². The number of ether oxygens (including phenoxy) is 4. The van der Waals surface area contributed by atoms with Crippen LogP contribution in [0.25, 0.3) is 11.0 Å². The molecule has 1 atom stereocenters. The van der Waals surface area contributed by atoms with Gasteiger partial charge in [-0.05, 0) is 50.6 Å². The molecule has 0 fully saturated rings. The van der Waals surface area contributed by atoms with Gasteiger partial charge in [-0.3, -0.25) is 14.5 Å². The largest absolute Gasteiger partial charge is 0.494 e. The van der Waals surface area contributed by atoms with Gasteiger partial charge in [0, 0.05) is 10.9 Å². The molecule has 1 amide bonds. The molecular weight excluding hydrogens is 496 g/mol. The molecular formula is C27H26N2O7S. The van der Waals surface area contributed by atoms with Gasteiger partial charge in [-0.1, -0.05) is 0 Å². The number of anilines is 1. The number of aromatic nitrogens is 1. The van der Waals surface area contributed by atoms with Crippen molar-refractivity contribution in [1.82, 2.24) is 4.98 Å². The van der Waals surface area contributed by atoms with Crippen molar-refractivity contribution >= 4 is 33.3 Å². The summed E-state index contributed by atoms with van der Waals surface area (Å²) in [7, 11) is 4.54. The average Bonchev–Trinajstić information content (AvgIpc) is 3.38. The topological polar surface area (TPSA) is 100 Å². The van der Waals surface area contributed by atoms with E-state index in [1.54, 1.807) is 30.3 Å². The zero-order valence-corrected chi connectivity index (χ0v) is 22.1. The fraction of sp³-hybridized carbons (Fsp3) is 0.296. The van der Waals surface area contributed by atoms with Gasteiger partial charge in [-0.25, -0.2) is 4.98 Å². The van der Waals surface area contributed by atoms with E-state index < -0.39 is 11.9 Å². The first-order chi connectivity index (χ1) is 17.8. The molecule has 3 heterocycles. The summed E-state index contributed by atoms with van der Waals surface area (Å²) < 4.78 is 28.3. The van der Waals surface area contributed by atoms with Gasteiger partial charge in [-0.2, -0.15) is 0 Å². The Morgan fingerprint density at radius 1 is 1.03 bits per heavy atom. The molecule has 1 unspecified atom stereocenters. The molecule has 1 aliphatic rings. The van der Waals surface area contributed by atoms with Crippen LogP contribution in [-0.4, -0.2) is 38.8 Å². The molecule has 5 rings (SSSR count). The van der Waals surface area contributed by atoms with Crippen molar-refractivity contribution in [1.29, 1.82) is 0 Å². The first-order valence-electron chi connectivity index (χ1n) is 11.6. The minimum absolute atomic E-state index is 0.0320. The zero-order valence-electron chi connectivity index (χ0n) is 21.3. The second kappa shape index (κ2) is 9.44. The lowest BCUT2D eigenvalue weighted by molar-refractivity contribution is 0.0970. The van der Waals surface area contributed by atoms with Crippen LogP contribution >= 0.6 is 11.3 Å². The molecule has 10 heteroatoms. The van der Waals surface area contributed by atoms with Crippen LogP contribution in [-0.2, 0) is 0 Å². The van der Waals surface area contributed by atoms with E-state index in [1.807, 2.05) is 20.8 Å². The molecule has 2 aromatic heterocycles. The van der Waals surface area contributed by atoms with Crippen molar-refractivity contribution in [3.8, 4) is 23.0 Å². The Bertz CT molecular complexity index is 1550. The predicted octanol–water partition coefficient (Wildman–Crippen LogP) is 5.04. The summed E-state index contributed by atoms with van der Waals surface area (Å²) in [5.41, 5.74) is 1.59. The molecule has 0 bridgehead atoms. The molecule has 0 saturated heterocycles. The predicted molar refractivity (Wildman–Crippen MR) is 140 cm³/mol. The van der Waals surface area contributed by atoms with E-state index in [1.165, 1.54) is 37.6 Å². The molecule has 4 aromatic rings. The summed E-state index contributed by atoms with van der Waals surface area (Å²) in [6.45, 7) is 6.14. The highest BCUT2D eigenvalue weighted by molar-refractivity contribution is 7.15. The quantitative estimate of drug-likeness (QED) is 0.333. The Labute approximate surface area is 217 Å². The van der Waals surface area contributed by atoms with Gasteiger partial charge < -0.3 is 23.4 Å². The van der Waals surface area contributed by atoms with Crippen LogP contribution in [0.1, 0.15) is 45.2 Å². The number of carbonyl (C=O) groups excluding carboxylic acids is 1. The summed E-state index contributed by atoms with van der Waals surface area (Å²) in [6, 6.07) is 7.64. The monoisotopic (exact) mass is 522 g/mol. The Kier molecular flexibility index (Phi) is 6.28. The van der Waals surface area contributed by atoms with Gasteiger partial charge >= 0.3 is 0 Å². The number of methoxy groups -OCH3 is 3. The average molecular weight is 523 g/mol. The molecule has 192 valence electrons. The van der Waals surface area contributed by atoms with Crippen molar-refractivity contribution in [2.75, 3.05) is 32.8 Å². The van der Waals surface area contributed by atoms with E-state index >= 15 is 0 Å². The van der Waals surface area contributed by atoms with Crippen molar-refractivity contribution in [3.05, 3.63) is 68.0 Å². The molecule has 0 saturated carbocycles. The number of benzene rings is 2. The third kappa shape index (κ3) is 3.88. The summed E-state index contributed by atoms with van der Waals surface area (Å²) >= 11 is 1.37. The Hall–Kier alpha value is -4.05. The number of thiazole rings is 1. The first-order valence-corrected chi connectivity index (χ1v) is 12.5. The lowest BCUT2D eigenvalue weighted by Gasteiger charge is -2.24. The van der Waals surface area contributed by atoms with Crippen LogP contribution in [0.3, 0.4) is 0 Å². The van der Waals surface area contributed by atoms with E-state index in [9.17, 15) is 9.59 Å². The second-order valence-corrected chi connectivity index (χ2v) is 9.62. The van der Waals surface area contributed by atoms with Gasteiger partial charge in [0.2, 0.25) is 11.5 Å². The second-order valence-electron chi connectivity index (χ2n) is 8.44. The maximum absolute atomic E-state index is 13.9. The van der Waals surface area contributed by atoms with Crippen LogP contribution in [0, 0.1) is 13.8 Å². The molecule has 37 heavy (non-hydrogen) atoms. The molecule has 9 nitrogen and oxygen atoms in total. The minimum Gasteiger partial charge on any atom is -0.494 e. The third-order valence-corrected chi connectivity index (χ3v) is 7.45. The van der Waals surface area contributed by atoms with Crippen molar-refractivity contribution < 1.29 is 28.2 Å². The van der Waals surface area contributed by atoms with Crippen LogP contribution in [0.15, 0.2) is 39.5 Å². The molecule has 2 aromatic carbocycles.